The maximum atomic E-state index is 14.9. The maximum Gasteiger partial charge on any atom is 0.414 e. The standard InChI is InChI=1S/C24H29FN4O4/c1-4-26-13-23(31)28(3)14-17-5-7-18(8-6-17)21-10-9-19(11-22(21)25)29-15-20(33-24(29)32)12-27-16(2)30/h5-11,20,26H,4,12-15H2,1-3H3,(H,27,30)/t20-/m0/s1. The molecule has 0 aromatic heterocycles. The van der Waals surface area contributed by atoms with Gasteiger partial charge in [-0.1, -0.05) is 31.2 Å². The van der Waals surface area contributed by atoms with Crippen molar-refractivity contribution in [2.45, 2.75) is 26.5 Å². The number of hydrogen-bond donors (Lipinski definition) is 2. The van der Waals surface area contributed by atoms with Crippen molar-refractivity contribution in [2.24, 2.45) is 0 Å². The van der Waals surface area contributed by atoms with Crippen LogP contribution in [0.3, 0.4) is 0 Å². The zero-order valence-corrected chi connectivity index (χ0v) is 19.1. The van der Waals surface area contributed by atoms with Gasteiger partial charge in [-0.3, -0.25) is 14.5 Å². The van der Waals surface area contributed by atoms with Crippen molar-refractivity contribution in [1.29, 1.82) is 0 Å². The Kier molecular flexibility index (Phi) is 8.00. The average Bonchev–Trinajstić information content (AvgIpc) is 3.17. The molecule has 1 atom stereocenters. The van der Waals surface area contributed by atoms with E-state index in [1.54, 1.807) is 24.1 Å². The predicted molar refractivity (Wildman–Crippen MR) is 123 cm³/mol. The van der Waals surface area contributed by atoms with E-state index in [0.29, 0.717) is 29.9 Å². The number of nitrogens with one attached hydrogen (secondary N) is 2. The van der Waals surface area contributed by atoms with Crippen molar-refractivity contribution < 1.29 is 23.5 Å². The normalized spacial score (nSPS) is 15.3. The van der Waals surface area contributed by atoms with Gasteiger partial charge in [-0.05, 0) is 35.9 Å². The van der Waals surface area contributed by atoms with Crippen LogP contribution in [-0.4, -0.2) is 62.1 Å². The molecule has 3 amide bonds. The van der Waals surface area contributed by atoms with E-state index in [0.717, 1.165) is 12.1 Å². The summed E-state index contributed by atoms with van der Waals surface area (Å²) in [6, 6.07) is 11.9. The minimum atomic E-state index is -0.574. The van der Waals surface area contributed by atoms with Crippen LogP contribution in [0.5, 0.6) is 0 Å². The fraction of sp³-hybridized carbons (Fsp3) is 0.375. The van der Waals surface area contributed by atoms with Gasteiger partial charge in [0.05, 0.1) is 25.3 Å². The molecular weight excluding hydrogens is 427 g/mol. The minimum absolute atomic E-state index is 0.00214. The van der Waals surface area contributed by atoms with Gasteiger partial charge in [-0.25, -0.2) is 9.18 Å². The number of likely N-dealkylation sites (N-methyl/N-ethyl adjacent to an activating group) is 2. The SMILES string of the molecule is CCNCC(=O)N(C)Cc1ccc(-c2ccc(N3C[C@H](CNC(C)=O)OC3=O)cc2F)cc1. The molecule has 2 aromatic carbocycles. The molecule has 1 fully saturated rings. The second kappa shape index (κ2) is 10.9. The fourth-order valence-corrected chi connectivity index (χ4v) is 3.52. The number of nitrogens with zero attached hydrogens (tertiary/aromatic N) is 2. The van der Waals surface area contributed by atoms with Gasteiger partial charge in [-0.15, -0.1) is 0 Å². The summed E-state index contributed by atoms with van der Waals surface area (Å²) in [6.07, 6.45) is -1.06. The Morgan fingerprint density at radius 3 is 2.58 bits per heavy atom. The Balaban J connectivity index is 1.66. The number of hydrogen-bond acceptors (Lipinski definition) is 5. The third-order valence-corrected chi connectivity index (χ3v) is 5.35. The number of anilines is 1. The molecule has 1 heterocycles. The van der Waals surface area contributed by atoms with Crippen molar-refractivity contribution in [3.05, 3.63) is 53.8 Å². The summed E-state index contributed by atoms with van der Waals surface area (Å²) in [6.45, 7) is 5.25. The summed E-state index contributed by atoms with van der Waals surface area (Å²) in [5, 5.41) is 5.62. The van der Waals surface area contributed by atoms with E-state index in [1.165, 1.54) is 17.9 Å². The first-order chi connectivity index (χ1) is 15.8. The number of cyclic esters (lactones) is 1. The lowest BCUT2D eigenvalue weighted by Gasteiger charge is -2.18. The highest BCUT2D eigenvalue weighted by Crippen LogP contribution is 2.29. The number of benzene rings is 2. The third kappa shape index (κ3) is 6.29. The van der Waals surface area contributed by atoms with Gasteiger partial charge in [0.15, 0.2) is 0 Å². The van der Waals surface area contributed by atoms with Gasteiger partial charge in [0.25, 0.3) is 0 Å². The first-order valence-corrected chi connectivity index (χ1v) is 10.8. The highest BCUT2D eigenvalue weighted by atomic mass is 19.1. The molecule has 8 nitrogen and oxygen atoms in total. The quantitative estimate of drug-likeness (QED) is 0.605. The van der Waals surface area contributed by atoms with E-state index in [9.17, 15) is 18.8 Å². The van der Waals surface area contributed by atoms with E-state index in [2.05, 4.69) is 10.6 Å². The molecule has 0 radical (unpaired) electrons. The average molecular weight is 457 g/mol. The van der Waals surface area contributed by atoms with Crippen LogP contribution in [0.1, 0.15) is 19.4 Å². The van der Waals surface area contributed by atoms with Crippen LogP contribution in [0.2, 0.25) is 0 Å². The molecule has 33 heavy (non-hydrogen) atoms. The number of amides is 3. The lowest BCUT2D eigenvalue weighted by Crippen LogP contribution is -2.35. The zero-order valence-electron chi connectivity index (χ0n) is 19.1. The molecule has 1 saturated heterocycles. The van der Waals surface area contributed by atoms with E-state index < -0.39 is 18.0 Å². The fourth-order valence-electron chi connectivity index (χ4n) is 3.52. The Hall–Kier alpha value is -3.46. The zero-order chi connectivity index (χ0) is 24.0. The molecule has 176 valence electrons. The molecule has 2 aromatic rings. The van der Waals surface area contributed by atoms with Crippen molar-refractivity contribution >= 4 is 23.6 Å². The Labute approximate surface area is 192 Å². The molecule has 2 N–H and O–H groups in total. The largest absolute Gasteiger partial charge is 0.442 e. The van der Waals surface area contributed by atoms with Gasteiger partial charge >= 0.3 is 6.09 Å². The molecule has 1 aliphatic heterocycles. The first kappa shape index (κ1) is 24.2. The van der Waals surface area contributed by atoms with Gasteiger partial charge in [0.2, 0.25) is 11.8 Å². The predicted octanol–water partition coefficient (Wildman–Crippen LogP) is 2.52. The summed E-state index contributed by atoms with van der Waals surface area (Å²) >= 11 is 0. The van der Waals surface area contributed by atoms with Crippen LogP contribution in [0, 0.1) is 5.82 Å². The number of carbonyl (C=O) groups excluding carboxylic acids is 3. The number of rotatable bonds is 9. The third-order valence-electron chi connectivity index (χ3n) is 5.35. The number of ether oxygens (including phenoxy) is 1. The van der Waals surface area contributed by atoms with Crippen molar-refractivity contribution in [3.8, 4) is 11.1 Å². The van der Waals surface area contributed by atoms with E-state index in [1.807, 2.05) is 31.2 Å². The van der Waals surface area contributed by atoms with Gasteiger partial charge in [0.1, 0.15) is 11.9 Å². The van der Waals surface area contributed by atoms with E-state index in [4.69, 9.17) is 4.74 Å². The molecule has 0 bridgehead atoms. The molecular formula is C24H29FN4O4. The molecule has 1 aliphatic rings. The van der Waals surface area contributed by atoms with Crippen LogP contribution in [0.25, 0.3) is 11.1 Å². The number of halogens is 1. The Morgan fingerprint density at radius 1 is 1.21 bits per heavy atom. The second-order valence-electron chi connectivity index (χ2n) is 7.94. The second-order valence-corrected chi connectivity index (χ2v) is 7.94. The van der Waals surface area contributed by atoms with Crippen LogP contribution < -0.4 is 15.5 Å². The van der Waals surface area contributed by atoms with E-state index in [-0.39, 0.29) is 24.9 Å². The summed E-state index contributed by atoms with van der Waals surface area (Å²) in [4.78, 5) is 38.3. The van der Waals surface area contributed by atoms with Crippen molar-refractivity contribution in [1.82, 2.24) is 15.5 Å². The monoisotopic (exact) mass is 456 g/mol. The lowest BCUT2D eigenvalue weighted by atomic mass is 10.0. The highest BCUT2D eigenvalue weighted by molar-refractivity contribution is 5.90. The summed E-state index contributed by atoms with van der Waals surface area (Å²) in [5.74, 6) is -0.670. The molecule has 0 unspecified atom stereocenters. The molecule has 0 spiro atoms. The Bertz CT molecular complexity index is 1010. The van der Waals surface area contributed by atoms with Gasteiger partial charge in [0, 0.05) is 26.1 Å². The van der Waals surface area contributed by atoms with Crippen molar-refractivity contribution in [3.63, 3.8) is 0 Å². The molecule has 9 heteroatoms. The molecule has 3 rings (SSSR count). The summed E-state index contributed by atoms with van der Waals surface area (Å²) in [5.41, 5.74) is 2.43. The summed E-state index contributed by atoms with van der Waals surface area (Å²) in [7, 11) is 1.75. The van der Waals surface area contributed by atoms with Crippen LogP contribution >= 0.6 is 0 Å². The Morgan fingerprint density at radius 2 is 1.94 bits per heavy atom. The molecule has 0 aliphatic carbocycles. The van der Waals surface area contributed by atoms with Crippen LogP contribution in [0.4, 0.5) is 14.9 Å². The van der Waals surface area contributed by atoms with E-state index >= 15 is 0 Å². The lowest BCUT2D eigenvalue weighted by molar-refractivity contribution is -0.129. The molecule has 0 saturated carbocycles. The smallest absolute Gasteiger partial charge is 0.414 e. The first-order valence-electron chi connectivity index (χ1n) is 10.8. The minimum Gasteiger partial charge on any atom is -0.442 e. The summed E-state index contributed by atoms with van der Waals surface area (Å²) < 4.78 is 20.1. The van der Waals surface area contributed by atoms with Crippen LogP contribution in [0.15, 0.2) is 42.5 Å². The topological polar surface area (TPSA) is 91.0 Å². The van der Waals surface area contributed by atoms with Gasteiger partial charge < -0.3 is 20.3 Å². The number of carbonyl (C=O) groups is 3. The van der Waals surface area contributed by atoms with Crippen molar-refractivity contribution in [2.75, 3.05) is 38.1 Å². The van der Waals surface area contributed by atoms with Crippen LogP contribution in [-0.2, 0) is 20.9 Å². The maximum absolute atomic E-state index is 14.9. The highest BCUT2D eigenvalue weighted by Gasteiger charge is 2.32. The van der Waals surface area contributed by atoms with Gasteiger partial charge in [-0.2, -0.15) is 0 Å².